The SMILES string of the molecule is N#Cc1cccc(-c2ccc(Cn3cncn3)cc2)c1. The third-order valence-corrected chi connectivity index (χ3v) is 3.09. The van der Waals surface area contributed by atoms with Crippen LogP contribution in [0.15, 0.2) is 61.2 Å². The standard InChI is InChI=1S/C16H12N4/c17-9-14-2-1-3-16(8-14)15-6-4-13(5-7-15)10-20-12-18-11-19-20/h1-8,11-12H,10H2. The summed E-state index contributed by atoms with van der Waals surface area (Å²) in [5.41, 5.74) is 3.99. The number of aromatic nitrogens is 3. The Morgan fingerprint density at radius 3 is 2.60 bits per heavy atom. The predicted octanol–water partition coefficient (Wildman–Crippen LogP) is 2.87. The van der Waals surface area contributed by atoms with Crippen LogP contribution in [0.5, 0.6) is 0 Å². The lowest BCUT2D eigenvalue weighted by Gasteiger charge is -2.05. The molecule has 0 fully saturated rings. The summed E-state index contributed by atoms with van der Waals surface area (Å²) in [5.74, 6) is 0. The highest BCUT2D eigenvalue weighted by molar-refractivity contribution is 5.65. The summed E-state index contributed by atoms with van der Waals surface area (Å²) >= 11 is 0. The van der Waals surface area contributed by atoms with Gasteiger partial charge < -0.3 is 0 Å². The molecule has 3 rings (SSSR count). The average Bonchev–Trinajstić information content (AvgIpc) is 3.01. The second-order valence-corrected chi connectivity index (χ2v) is 4.48. The van der Waals surface area contributed by atoms with Crippen molar-refractivity contribution in [1.82, 2.24) is 14.8 Å². The molecule has 0 N–H and O–H groups in total. The van der Waals surface area contributed by atoms with Crippen LogP contribution in [0.2, 0.25) is 0 Å². The normalized spacial score (nSPS) is 10.2. The van der Waals surface area contributed by atoms with Gasteiger partial charge in [0.05, 0.1) is 18.2 Å². The van der Waals surface area contributed by atoms with Gasteiger partial charge in [-0.2, -0.15) is 10.4 Å². The molecule has 0 bridgehead atoms. The Balaban J connectivity index is 1.84. The topological polar surface area (TPSA) is 54.5 Å². The van der Waals surface area contributed by atoms with Crippen LogP contribution in [0, 0.1) is 11.3 Å². The largest absolute Gasteiger partial charge is 0.249 e. The van der Waals surface area contributed by atoms with E-state index in [0.717, 1.165) is 16.7 Å². The lowest BCUT2D eigenvalue weighted by molar-refractivity contribution is 0.685. The highest BCUT2D eigenvalue weighted by Gasteiger charge is 2.00. The van der Waals surface area contributed by atoms with Crippen LogP contribution in [0.1, 0.15) is 11.1 Å². The quantitative estimate of drug-likeness (QED) is 0.727. The summed E-state index contributed by atoms with van der Waals surface area (Å²) < 4.78 is 1.78. The Bertz CT molecular complexity index is 737. The Labute approximate surface area is 116 Å². The summed E-state index contributed by atoms with van der Waals surface area (Å²) in [6, 6.07) is 18.0. The Kier molecular flexibility index (Phi) is 3.25. The van der Waals surface area contributed by atoms with Crippen molar-refractivity contribution in [1.29, 1.82) is 5.26 Å². The summed E-state index contributed by atoms with van der Waals surface area (Å²) in [5, 5.41) is 13.0. The fraction of sp³-hybridized carbons (Fsp3) is 0.0625. The van der Waals surface area contributed by atoms with Crippen molar-refractivity contribution in [2.75, 3.05) is 0 Å². The molecule has 0 spiro atoms. The third kappa shape index (κ3) is 2.57. The Hall–Kier alpha value is -2.93. The van der Waals surface area contributed by atoms with Gasteiger partial charge in [0.2, 0.25) is 0 Å². The molecule has 0 aliphatic heterocycles. The zero-order valence-corrected chi connectivity index (χ0v) is 10.8. The second kappa shape index (κ2) is 5.37. The number of nitriles is 1. The van der Waals surface area contributed by atoms with Crippen molar-refractivity contribution in [3.8, 4) is 17.2 Å². The van der Waals surface area contributed by atoms with E-state index in [1.54, 1.807) is 11.0 Å². The van der Waals surface area contributed by atoms with Crippen LogP contribution >= 0.6 is 0 Å². The van der Waals surface area contributed by atoms with E-state index in [1.807, 2.05) is 24.3 Å². The van der Waals surface area contributed by atoms with Gasteiger partial charge in [-0.05, 0) is 28.8 Å². The molecule has 3 aromatic rings. The highest BCUT2D eigenvalue weighted by Crippen LogP contribution is 2.21. The second-order valence-electron chi connectivity index (χ2n) is 4.48. The first kappa shape index (κ1) is 12.1. The van der Waals surface area contributed by atoms with Gasteiger partial charge in [0.1, 0.15) is 12.7 Å². The molecule has 1 heterocycles. The van der Waals surface area contributed by atoms with Gasteiger partial charge in [-0.3, -0.25) is 0 Å². The van der Waals surface area contributed by atoms with Crippen molar-refractivity contribution < 1.29 is 0 Å². The van der Waals surface area contributed by atoms with Gasteiger partial charge in [-0.1, -0.05) is 36.4 Å². The number of hydrogen-bond acceptors (Lipinski definition) is 3. The molecule has 96 valence electrons. The number of hydrogen-bond donors (Lipinski definition) is 0. The molecule has 0 aliphatic carbocycles. The molecule has 2 aromatic carbocycles. The van der Waals surface area contributed by atoms with E-state index in [9.17, 15) is 0 Å². The molecule has 4 nitrogen and oxygen atoms in total. The average molecular weight is 260 g/mol. The Morgan fingerprint density at radius 1 is 1.05 bits per heavy atom. The van der Waals surface area contributed by atoms with Gasteiger partial charge in [0, 0.05) is 0 Å². The maximum absolute atomic E-state index is 8.93. The van der Waals surface area contributed by atoms with Crippen LogP contribution < -0.4 is 0 Å². The molecule has 0 saturated heterocycles. The van der Waals surface area contributed by atoms with E-state index in [2.05, 4.69) is 40.4 Å². The van der Waals surface area contributed by atoms with Crippen molar-refractivity contribution in [2.24, 2.45) is 0 Å². The number of benzene rings is 2. The molecule has 0 radical (unpaired) electrons. The van der Waals surface area contributed by atoms with Crippen LogP contribution in [0.4, 0.5) is 0 Å². The summed E-state index contributed by atoms with van der Waals surface area (Å²) in [7, 11) is 0. The zero-order chi connectivity index (χ0) is 13.8. The molecule has 0 amide bonds. The van der Waals surface area contributed by atoms with Gasteiger partial charge in [-0.25, -0.2) is 9.67 Å². The van der Waals surface area contributed by atoms with Crippen molar-refractivity contribution in [2.45, 2.75) is 6.54 Å². The molecule has 20 heavy (non-hydrogen) atoms. The van der Waals surface area contributed by atoms with E-state index < -0.39 is 0 Å². The molecular weight excluding hydrogens is 248 g/mol. The van der Waals surface area contributed by atoms with Crippen LogP contribution in [0.25, 0.3) is 11.1 Å². The Morgan fingerprint density at radius 2 is 1.90 bits per heavy atom. The fourth-order valence-electron chi connectivity index (χ4n) is 2.07. The van der Waals surface area contributed by atoms with E-state index in [-0.39, 0.29) is 0 Å². The molecule has 0 saturated carbocycles. The monoisotopic (exact) mass is 260 g/mol. The van der Waals surface area contributed by atoms with Crippen LogP contribution in [0.3, 0.4) is 0 Å². The van der Waals surface area contributed by atoms with Gasteiger partial charge in [0.15, 0.2) is 0 Å². The smallest absolute Gasteiger partial charge is 0.137 e. The fourth-order valence-corrected chi connectivity index (χ4v) is 2.07. The number of nitrogens with zero attached hydrogens (tertiary/aromatic N) is 4. The highest BCUT2D eigenvalue weighted by atomic mass is 15.3. The summed E-state index contributed by atoms with van der Waals surface area (Å²) in [4.78, 5) is 3.92. The lowest BCUT2D eigenvalue weighted by atomic mass is 10.0. The van der Waals surface area contributed by atoms with Crippen LogP contribution in [-0.2, 0) is 6.54 Å². The third-order valence-electron chi connectivity index (χ3n) is 3.09. The maximum atomic E-state index is 8.93. The minimum absolute atomic E-state index is 0.675. The first-order valence-electron chi connectivity index (χ1n) is 6.27. The minimum Gasteiger partial charge on any atom is -0.249 e. The molecule has 0 aliphatic rings. The molecule has 0 atom stereocenters. The van der Waals surface area contributed by atoms with Crippen molar-refractivity contribution >= 4 is 0 Å². The first-order valence-corrected chi connectivity index (χ1v) is 6.27. The first-order chi connectivity index (χ1) is 9.85. The minimum atomic E-state index is 0.675. The van der Waals surface area contributed by atoms with Gasteiger partial charge in [0.25, 0.3) is 0 Å². The molecule has 4 heteroatoms. The summed E-state index contributed by atoms with van der Waals surface area (Å²) in [6.07, 6.45) is 3.23. The molecular formula is C16H12N4. The molecule has 0 unspecified atom stereocenters. The predicted molar refractivity (Wildman–Crippen MR) is 75.7 cm³/mol. The van der Waals surface area contributed by atoms with E-state index in [0.29, 0.717) is 12.1 Å². The van der Waals surface area contributed by atoms with Crippen molar-refractivity contribution in [3.05, 3.63) is 72.3 Å². The van der Waals surface area contributed by atoms with Crippen molar-refractivity contribution in [3.63, 3.8) is 0 Å². The van der Waals surface area contributed by atoms with E-state index in [1.165, 1.54) is 6.33 Å². The van der Waals surface area contributed by atoms with E-state index >= 15 is 0 Å². The zero-order valence-electron chi connectivity index (χ0n) is 10.8. The molecule has 1 aromatic heterocycles. The van der Waals surface area contributed by atoms with E-state index in [4.69, 9.17) is 5.26 Å². The van der Waals surface area contributed by atoms with Gasteiger partial charge >= 0.3 is 0 Å². The lowest BCUT2D eigenvalue weighted by Crippen LogP contribution is -1.99. The van der Waals surface area contributed by atoms with Crippen LogP contribution in [-0.4, -0.2) is 14.8 Å². The van der Waals surface area contributed by atoms with Gasteiger partial charge in [-0.15, -0.1) is 0 Å². The maximum Gasteiger partial charge on any atom is 0.137 e. The number of rotatable bonds is 3. The summed E-state index contributed by atoms with van der Waals surface area (Å²) in [6.45, 7) is 0.707.